The zero-order valence-electron chi connectivity index (χ0n) is 13.9. The van der Waals surface area contributed by atoms with E-state index in [1.807, 2.05) is 13.8 Å². The highest BCUT2D eigenvalue weighted by Crippen LogP contribution is 2.35. The van der Waals surface area contributed by atoms with Crippen LogP contribution < -0.4 is 0 Å². The van der Waals surface area contributed by atoms with Gasteiger partial charge in [-0.3, -0.25) is 0 Å². The zero-order valence-corrected chi connectivity index (χ0v) is 13.9. The molecule has 2 unspecified atom stereocenters. The first-order chi connectivity index (χ1) is 9.92. The maximum Gasteiger partial charge on any atom is 0.329 e. The van der Waals surface area contributed by atoms with Crippen LogP contribution in [0.25, 0.3) is 0 Å². The van der Waals surface area contributed by atoms with E-state index in [0.717, 1.165) is 19.3 Å². The molecule has 0 saturated carbocycles. The van der Waals surface area contributed by atoms with Gasteiger partial charge in [0.1, 0.15) is 5.54 Å². The van der Waals surface area contributed by atoms with Gasteiger partial charge in [0.15, 0.2) is 0 Å². The predicted octanol–water partition coefficient (Wildman–Crippen LogP) is 3.19. The second-order valence-corrected chi connectivity index (χ2v) is 6.18. The zero-order chi connectivity index (χ0) is 16.0. The molecule has 122 valence electrons. The van der Waals surface area contributed by atoms with Gasteiger partial charge in [0.2, 0.25) is 0 Å². The normalized spacial score (nSPS) is 23.1. The third-order valence-electron chi connectivity index (χ3n) is 4.66. The third kappa shape index (κ3) is 3.69. The van der Waals surface area contributed by atoms with Crippen molar-refractivity contribution in [3.8, 4) is 0 Å². The highest BCUT2D eigenvalue weighted by Gasteiger charge is 2.50. The second kappa shape index (κ2) is 7.66. The third-order valence-corrected chi connectivity index (χ3v) is 4.66. The van der Waals surface area contributed by atoms with Crippen molar-refractivity contribution in [1.29, 1.82) is 0 Å². The topological polar surface area (TPSA) is 60.9 Å². The van der Waals surface area contributed by atoms with Crippen LogP contribution in [0.5, 0.6) is 0 Å². The largest absolute Gasteiger partial charge is 0.479 e. The second-order valence-electron chi connectivity index (χ2n) is 6.18. The average Bonchev–Trinajstić information content (AvgIpc) is 2.89. The number of carboxylic acids is 1. The summed E-state index contributed by atoms with van der Waals surface area (Å²) in [4.78, 5) is 28.0. The van der Waals surface area contributed by atoms with E-state index in [-0.39, 0.29) is 6.03 Å². The Bertz CT molecular complexity index is 373. The van der Waals surface area contributed by atoms with E-state index < -0.39 is 11.5 Å². The fourth-order valence-electron chi connectivity index (χ4n) is 3.18. The van der Waals surface area contributed by atoms with E-state index >= 15 is 0 Å². The van der Waals surface area contributed by atoms with Gasteiger partial charge in [0, 0.05) is 19.6 Å². The molecular weight excluding hydrogens is 268 g/mol. The number of hydrogen-bond donors (Lipinski definition) is 1. The van der Waals surface area contributed by atoms with Crippen LogP contribution in [-0.4, -0.2) is 52.1 Å². The molecule has 1 aliphatic rings. The molecule has 1 aliphatic heterocycles. The Morgan fingerprint density at radius 3 is 2.48 bits per heavy atom. The molecule has 2 atom stereocenters. The molecule has 0 aromatic heterocycles. The molecule has 0 aromatic carbocycles. The number of amides is 2. The first-order valence-corrected chi connectivity index (χ1v) is 8.22. The van der Waals surface area contributed by atoms with Gasteiger partial charge in [-0.05, 0) is 32.1 Å². The van der Waals surface area contributed by atoms with E-state index in [1.54, 1.807) is 9.80 Å². The summed E-state index contributed by atoms with van der Waals surface area (Å²) in [5, 5.41) is 9.68. The van der Waals surface area contributed by atoms with Crippen LogP contribution in [0.15, 0.2) is 0 Å². The number of nitrogens with zero attached hydrogens (tertiary/aromatic N) is 2. The summed E-state index contributed by atoms with van der Waals surface area (Å²) in [5.74, 6) is -0.420. The van der Waals surface area contributed by atoms with E-state index in [1.165, 1.54) is 0 Å². The van der Waals surface area contributed by atoms with Crippen LogP contribution in [0.3, 0.4) is 0 Å². The highest BCUT2D eigenvalue weighted by atomic mass is 16.4. The Hall–Kier alpha value is -1.26. The molecule has 0 spiro atoms. The maximum absolute atomic E-state index is 12.8. The van der Waals surface area contributed by atoms with Crippen LogP contribution in [-0.2, 0) is 4.79 Å². The summed E-state index contributed by atoms with van der Waals surface area (Å²) in [6.07, 6.45) is 3.67. The monoisotopic (exact) mass is 298 g/mol. The average molecular weight is 298 g/mol. The Labute approximate surface area is 128 Å². The molecule has 0 bridgehead atoms. The number of likely N-dealkylation sites (tertiary alicyclic amines) is 1. The van der Waals surface area contributed by atoms with Gasteiger partial charge in [-0.25, -0.2) is 9.59 Å². The lowest BCUT2D eigenvalue weighted by Crippen LogP contribution is -2.57. The van der Waals surface area contributed by atoms with Crippen molar-refractivity contribution >= 4 is 12.0 Å². The fourth-order valence-corrected chi connectivity index (χ4v) is 3.18. The molecule has 21 heavy (non-hydrogen) atoms. The molecule has 5 nitrogen and oxygen atoms in total. The molecule has 1 rings (SSSR count). The van der Waals surface area contributed by atoms with E-state index in [2.05, 4.69) is 13.8 Å². The molecule has 1 saturated heterocycles. The summed E-state index contributed by atoms with van der Waals surface area (Å²) in [5.41, 5.74) is -0.991. The van der Waals surface area contributed by atoms with Crippen molar-refractivity contribution < 1.29 is 14.7 Å². The molecule has 0 aliphatic carbocycles. The first kappa shape index (κ1) is 17.8. The van der Waals surface area contributed by atoms with E-state index in [4.69, 9.17) is 0 Å². The van der Waals surface area contributed by atoms with Crippen molar-refractivity contribution in [3.05, 3.63) is 0 Å². The van der Waals surface area contributed by atoms with Gasteiger partial charge in [-0.1, -0.05) is 33.6 Å². The smallest absolute Gasteiger partial charge is 0.329 e. The summed E-state index contributed by atoms with van der Waals surface area (Å²) in [6.45, 7) is 10.0. The number of carbonyl (C=O) groups is 2. The van der Waals surface area contributed by atoms with Crippen molar-refractivity contribution in [3.63, 3.8) is 0 Å². The van der Waals surface area contributed by atoms with Gasteiger partial charge < -0.3 is 14.9 Å². The van der Waals surface area contributed by atoms with Crippen LogP contribution in [0.2, 0.25) is 0 Å². The minimum Gasteiger partial charge on any atom is -0.479 e. The lowest BCUT2D eigenvalue weighted by molar-refractivity contribution is -0.148. The van der Waals surface area contributed by atoms with Gasteiger partial charge in [-0.15, -0.1) is 0 Å². The quantitative estimate of drug-likeness (QED) is 0.785. The Morgan fingerprint density at radius 1 is 1.33 bits per heavy atom. The van der Waals surface area contributed by atoms with Crippen molar-refractivity contribution in [1.82, 2.24) is 9.80 Å². The lowest BCUT2D eigenvalue weighted by Gasteiger charge is -2.38. The number of carbonyl (C=O) groups excluding carboxylic acids is 1. The molecular formula is C16H30N2O3. The predicted molar refractivity (Wildman–Crippen MR) is 83.3 cm³/mol. The number of rotatable bonds is 7. The molecule has 0 aromatic rings. The summed E-state index contributed by atoms with van der Waals surface area (Å²) >= 11 is 0. The molecule has 1 N–H and O–H groups in total. The van der Waals surface area contributed by atoms with Crippen LogP contribution in [0, 0.1) is 5.92 Å². The van der Waals surface area contributed by atoms with E-state index in [0.29, 0.717) is 38.4 Å². The standard InChI is InChI=1S/C16H30N2O3/c1-5-9-16(14(19)20)10-8-11-18(16)15(21)17(7-3)12-13(4)6-2/h13H,5-12H2,1-4H3,(H,19,20). The SMILES string of the molecule is CCCC1(C(=O)O)CCCN1C(=O)N(CC)CC(C)CC. The van der Waals surface area contributed by atoms with Crippen molar-refractivity contribution in [2.24, 2.45) is 5.92 Å². The van der Waals surface area contributed by atoms with Gasteiger partial charge >= 0.3 is 12.0 Å². The van der Waals surface area contributed by atoms with Gasteiger partial charge in [0.05, 0.1) is 0 Å². The summed E-state index contributed by atoms with van der Waals surface area (Å²) < 4.78 is 0. The van der Waals surface area contributed by atoms with E-state index in [9.17, 15) is 14.7 Å². The summed E-state index contributed by atoms with van der Waals surface area (Å²) in [7, 11) is 0. The van der Waals surface area contributed by atoms with Crippen LogP contribution in [0.4, 0.5) is 4.79 Å². The molecule has 1 fully saturated rings. The number of hydrogen-bond acceptors (Lipinski definition) is 2. The van der Waals surface area contributed by atoms with Crippen LogP contribution >= 0.6 is 0 Å². The number of carboxylic acid groups (broad SMARTS) is 1. The lowest BCUT2D eigenvalue weighted by atomic mass is 9.91. The van der Waals surface area contributed by atoms with Gasteiger partial charge in [0.25, 0.3) is 0 Å². The molecule has 2 amide bonds. The molecule has 1 heterocycles. The van der Waals surface area contributed by atoms with Crippen LogP contribution in [0.1, 0.15) is 59.8 Å². The Balaban J connectivity index is 2.94. The molecule has 0 radical (unpaired) electrons. The minimum atomic E-state index is -0.991. The minimum absolute atomic E-state index is 0.105. The van der Waals surface area contributed by atoms with Gasteiger partial charge in [-0.2, -0.15) is 0 Å². The number of urea groups is 1. The van der Waals surface area contributed by atoms with Crippen molar-refractivity contribution in [2.45, 2.75) is 65.3 Å². The Morgan fingerprint density at radius 2 is 2.00 bits per heavy atom. The maximum atomic E-state index is 12.8. The Kier molecular flexibility index (Phi) is 6.49. The highest BCUT2D eigenvalue weighted by molar-refractivity contribution is 5.87. The first-order valence-electron chi connectivity index (χ1n) is 8.22. The summed E-state index contributed by atoms with van der Waals surface area (Å²) in [6, 6.07) is -0.105. The number of aliphatic carboxylic acids is 1. The molecule has 5 heteroatoms. The fraction of sp³-hybridized carbons (Fsp3) is 0.875. The van der Waals surface area contributed by atoms with Crippen molar-refractivity contribution in [2.75, 3.05) is 19.6 Å².